The van der Waals surface area contributed by atoms with Crippen LogP contribution in [-0.2, 0) is 33.7 Å². The standard InChI is InChI=1S/C34H39N6O8P.2Na/c1-3-16-38-23-31(41)39-29(19-24-12-14-27(15-13-24)48-49(44,45)46)33(42)37(21-26-10-7-11-28-32(26)47-18-17-36(28)2)22-30(39)40(38)34(43)35-20-25-8-5-4-6-9-25;;/h3-15,29-30H,1,16-23H2,2H3,(H,35,43)(H2,44,45,46);;/q;2*+1/p-2/t29-,30-;;/m0../s1. The topological polar surface area (TPSA) is 161 Å². The van der Waals surface area contributed by atoms with Gasteiger partial charge in [-0.25, -0.2) is 14.8 Å². The van der Waals surface area contributed by atoms with Crippen molar-refractivity contribution in [2.24, 2.45) is 0 Å². The van der Waals surface area contributed by atoms with Crippen LogP contribution in [0.2, 0.25) is 0 Å². The largest absolute Gasteiger partial charge is 1.00 e. The summed E-state index contributed by atoms with van der Waals surface area (Å²) in [7, 11) is -3.29. The molecule has 3 aliphatic heterocycles. The zero-order valence-electron chi connectivity index (χ0n) is 29.0. The molecule has 0 bridgehead atoms. The van der Waals surface area contributed by atoms with E-state index in [-0.39, 0.29) is 116 Å². The predicted octanol–water partition coefficient (Wildman–Crippen LogP) is -4.53. The fourth-order valence-electron chi connectivity index (χ4n) is 6.51. The zero-order valence-corrected chi connectivity index (χ0v) is 33.9. The van der Waals surface area contributed by atoms with Crippen LogP contribution in [0.1, 0.15) is 16.7 Å². The second-order valence-electron chi connectivity index (χ2n) is 12.1. The van der Waals surface area contributed by atoms with Gasteiger partial charge in [0.1, 0.15) is 38.1 Å². The van der Waals surface area contributed by atoms with Crippen LogP contribution in [0, 0.1) is 0 Å². The van der Waals surface area contributed by atoms with E-state index in [9.17, 15) is 28.7 Å². The van der Waals surface area contributed by atoms with Gasteiger partial charge in [-0.2, -0.15) is 0 Å². The second-order valence-corrected chi connectivity index (χ2v) is 13.1. The molecule has 4 amide bonds. The van der Waals surface area contributed by atoms with Gasteiger partial charge in [-0.05, 0) is 29.3 Å². The summed E-state index contributed by atoms with van der Waals surface area (Å²) in [5, 5.41) is 6.10. The quantitative estimate of drug-likeness (QED) is 0.122. The Bertz CT molecular complexity index is 1770. The molecule has 3 heterocycles. The van der Waals surface area contributed by atoms with Gasteiger partial charge < -0.3 is 43.6 Å². The van der Waals surface area contributed by atoms with Gasteiger partial charge in [0.15, 0.2) is 0 Å². The van der Waals surface area contributed by atoms with Gasteiger partial charge >= 0.3 is 65.1 Å². The van der Waals surface area contributed by atoms with Gasteiger partial charge in [0.25, 0.3) is 0 Å². The summed E-state index contributed by atoms with van der Waals surface area (Å²) in [5.74, 6) is -0.145. The van der Waals surface area contributed by atoms with Crippen molar-refractivity contribution in [2.45, 2.75) is 31.7 Å². The number of urea groups is 1. The summed E-state index contributed by atoms with van der Waals surface area (Å²) in [5.41, 5.74) is 3.17. The Labute approximate surface area is 341 Å². The van der Waals surface area contributed by atoms with Crippen LogP contribution in [0.25, 0.3) is 0 Å². The summed E-state index contributed by atoms with van der Waals surface area (Å²) in [6.07, 6.45) is 0.800. The molecule has 3 aromatic carbocycles. The number of phosphoric ester groups is 1. The summed E-state index contributed by atoms with van der Waals surface area (Å²) in [6, 6.07) is 19.5. The minimum atomic E-state index is -5.27. The van der Waals surface area contributed by atoms with Crippen molar-refractivity contribution in [3.8, 4) is 11.5 Å². The normalized spacial score (nSPS) is 18.8. The first kappa shape index (κ1) is 40.9. The predicted molar refractivity (Wildman–Crippen MR) is 176 cm³/mol. The maximum atomic E-state index is 14.4. The van der Waals surface area contributed by atoms with E-state index in [1.54, 1.807) is 16.0 Å². The Hall–Kier alpha value is -2.88. The van der Waals surface area contributed by atoms with Crippen molar-refractivity contribution in [1.82, 2.24) is 25.1 Å². The van der Waals surface area contributed by atoms with Crippen LogP contribution in [0.4, 0.5) is 10.5 Å². The summed E-state index contributed by atoms with van der Waals surface area (Å²) in [6.45, 7) is 5.53. The third-order valence-corrected chi connectivity index (χ3v) is 9.19. The van der Waals surface area contributed by atoms with E-state index in [2.05, 4.69) is 21.3 Å². The number of para-hydroxylation sites is 1. The van der Waals surface area contributed by atoms with E-state index in [4.69, 9.17) is 4.74 Å². The Morgan fingerprint density at radius 3 is 2.45 bits per heavy atom. The van der Waals surface area contributed by atoms with Gasteiger partial charge in [0.2, 0.25) is 11.8 Å². The van der Waals surface area contributed by atoms with E-state index in [1.165, 1.54) is 34.2 Å². The number of phosphoric acid groups is 1. The molecule has 0 spiro atoms. The molecule has 6 rings (SSSR count). The number of hydrogen-bond acceptors (Lipinski definition) is 10. The number of amides is 4. The van der Waals surface area contributed by atoms with Crippen LogP contribution < -0.4 is 88.4 Å². The molecule has 2 atom stereocenters. The molecule has 258 valence electrons. The first-order valence-corrected chi connectivity index (χ1v) is 17.3. The average molecular weight is 735 g/mol. The van der Waals surface area contributed by atoms with E-state index >= 15 is 0 Å². The molecule has 51 heavy (non-hydrogen) atoms. The van der Waals surface area contributed by atoms with Gasteiger partial charge in [-0.1, -0.05) is 60.7 Å². The minimum Gasteiger partial charge on any atom is -0.780 e. The first-order valence-electron chi connectivity index (χ1n) is 15.9. The molecule has 2 saturated heterocycles. The van der Waals surface area contributed by atoms with Crippen molar-refractivity contribution >= 4 is 31.4 Å². The molecule has 0 aromatic heterocycles. The van der Waals surface area contributed by atoms with Crippen molar-refractivity contribution in [2.75, 3.05) is 44.7 Å². The summed E-state index contributed by atoms with van der Waals surface area (Å²) in [4.78, 5) is 69.7. The first-order chi connectivity index (χ1) is 23.5. The van der Waals surface area contributed by atoms with Crippen molar-refractivity contribution in [1.29, 1.82) is 0 Å². The van der Waals surface area contributed by atoms with Gasteiger partial charge in [0, 0.05) is 38.7 Å². The number of benzene rings is 3. The smallest absolute Gasteiger partial charge is 0.780 e. The number of piperazine rings is 1. The number of fused-ring (bicyclic) bond motifs is 2. The third kappa shape index (κ3) is 9.57. The monoisotopic (exact) mass is 734 g/mol. The molecule has 0 saturated carbocycles. The van der Waals surface area contributed by atoms with Crippen LogP contribution in [0.15, 0.2) is 85.5 Å². The summed E-state index contributed by atoms with van der Waals surface area (Å²) >= 11 is 0. The number of nitrogens with one attached hydrogen (secondary N) is 1. The summed E-state index contributed by atoms with van der Waals surface area (Å²) < 4.78 is 21.6. The number of anilines is 1. The molecule has 1 N–H and O–H groups in total. The van der Waals surface area contributed by atoms with E-state index in [0.717, 1.165) is 23.4 Å². The molecule has 3 aromatic rings. The van der Waals surface area contributed by atoms with Crippen LogP contribution in [0.3, 0.4) is 0 Å². The number of rotatable bonds is 10. The molecule has 17 heteroatoms. The molecule has 0 radical (unpaired) electrons. The number of ether oxygens (including phenoxy) is 1. The maximum absolute atomic E-state index is 14.4. The number of nitrogens with zero attached hydrogens (tertiary/aromatic N) is 5. The fraction of sp³-hybridized carbons (Fsp3) is 0.324. The second kappa shape index (κ2) is 17.8. The molecular weight excluding hydrogens is 697 g/mol. The van der Waals surface area contributed by atoms with Crippen molar-refractivity contribution < 1.29 is 97.1 Å². The van der Waals surface area contributed by atoms with Gasteiger partial charge in [-0.3, -0.25) is 9.59 Å². The number of carbonyl (C=O) groups excluding carboxylic acids is 3. The van der Waals surface area contributed by atoms with Crippen molar-refractivity contribution in [3.63, 3.8) is 0 Å². The SMILES string of the molecule is C=CCN1CC(=O)N2[C@@H](Cc3ccc(OP(=O)([O-])[O-])cc3)C(=O)N(Cc3cccc4c3OCCN4C)C[C@@H]2N1C(=O)NCc1ccccc1.[Na+].[Na+]. The molecule has 3 aliphatic rings. The Morgan fingerprint density at radius 2 is 1.76 bits per heavy atom. The Kier molecular flexibility index (Phi) is 14.2. The van der Waals surface area contributed by atoms with Crippen LogP contribution in [-0.4, -0.2) is 89.7 Å². The third-order valence-electron chi connectivity index (χ3n) is 8.76. The van der Waals surface area contributed by atoms with Gasteiger partial charge in [-0.15, -0.1) is 6.58 Å². The van der Waals surface area contributed by atoms with E-state index in [0.29, 0.717) is 17.9 Å². The molecule has 0 aliphatic carbocycles. The van der Waals surface area contributed by atoms with Crippen LogP contribution >= 0.6 is 7.82 Å². The fourth-order valence-corrected chi connectivity index (χ4v) is 6.89. The van der Waals surface area contributed by atoms with E-state index in [1.807, 2.05) is 55.6 Å². The molecule has 2 fully saturated rings. The molecule has 14 nitrogen and oxygen atoms in total. The Balaban J connectivity index is 0.00000292. The number of likely N-dealkylation sites (N-methyl/N-ethyl adjacent to an activating group) is 1. The average Bonchev–Trinajstić information content (AvgIpc) is 3.07. The maximum Gasteiger partial charge on any atom is 1.00 e. The van der Waals surface area contributed by atoms with Crippen molar-refractivity contribution in [3.05, 3.63) is 102 Å². The molecule has 0 unspecified atom stereocenters. The van der Waals surface area contributed by atoms with Gasteiger partial charge in [0.05, 0.1) is 25.3 Å². The zero-order chi connectivity index (χ0) is 34.7. The minimum absolute atomic E-state index is 0. The number of hydrazine groups is 1. The van der Waals surface area contributed by atoms with Crippen LogP contribution in [0.5, 0.6) is 11.5 Å². The molecular formula is C34H37N6Na2O8P. The van der Waals surface area contributed by atoms with E-state index < -0.39 is 26.1 Å². The Morgan fingerprint density at radius 1 is 1.04 bits per heavy atom. The number of hydrogen-bond donors (Lipinski definition) is 1. The number of carbonyl (C=O) groups is 3.